The Bertz CT molecular complexity index is 2960. The molecule has 0 fully saturated rings. The van der Waals surface area contributed by atoms with Gasteiger partial charge in [0, 0.05) is 11.1 Å². The first kappa shape index (κ1) is 151. The first-order chi connectivity index (χ1) is 57.4. The van der Waals surface area contributed by atoms with Gasteiger partial charge in [-0.2, -0.15) is 0 Å². The van der Waals surface area contributed by atoms with Gasteiger partial charge in [-0.1, -0.05) is 542 Å². The lowest BCUT2D eigenvalue weighted by Crippen LogP contribution is -1.88. The summed E-state index contributed by atoms with van der Waals surface area (Å²) in [6, 6.07) is 122. The number of carbonyl (C=O) groups excluding carboxylic acids is 2. The number of hydrogen-bond donors (Lipinski definition) is 0. The van der Waals surface area contributed by atoms with Crippen molar-refractivity contribution in [2.45, 2.75) is 244 Å². The second-order valence-corrected chi connectivity index (χ2v) is 18.7. The molecule has 684 valence electrons. The molecule has 0 N–H and O–H groups in total. The highest BCUT2D eigenvalue weighted by molar-refractivity contribution is 5.94. The van der Waals surface area contributed by atoms with Gasteiger partial charge in [0.15, 0.2) is 11.6 Å². The van der Waals surface area contributed by atoms with Crippen LogP contribution in [0.15, 0.2) is 376 Å². The lowest BCUT2D eigenvalue weighted by Gasteiger charge is -1.93. The molecule has 12 aromatic carbocycles. The molecule has 7 nitrogen and oxygen atoms in total. The van der Waals surface area contributed by atoms with E-state index >= 15 is 0 Å². The molecule has 0 aromatic heterocycles. The largest absolute Gasteiger partial charge is 0.497 e. The van der Waals surface area contributed by atoms with E-state index in [0.717, 1.165) is 39.9 Å². The molecule has 12 rings (SSSR count). The van der Waals surface area contributed by atoms with Crippen LogP contribution in [0.3, 0.4) is 0 Å². The minimum Gasteiger partial charge on any atom is -0.497 e. The van der Waals surface area contributed by atoms with Crippen LogP contribution in [-0.4, -0.2) is 47.1 Å². The Morgan fingerprint density at radius 3 is 0.298 bits per heavy atom. The van der Waals surface area contributed by atoms with Crippen molar-refractivity contribution < 1.29 is 33.3 Å². The summed E-state index contributed by atoms with van der Waals surface area (Å²) in [5.41, 5.74) is 5.52. The SMILES string of the molecule is C.C.C.C.CC.CC.CC.CC.CC.CC.CC.CC.CC.CC.CC.CC.CC.CC(=O)c1ccccc1.CC(=O)c1ccccc1.COc1ccccc1.COc1ccccc1.COc1ccccc1.COc1ccccc1.COc1ccccc1.Cc1ccccc1.Cc1ccccc1.Cc1ccccc1.c1ccccc1.c1ccccc1. The number of benzene rings is 12. The average Bonchev–Trinajstić information content (AvgIpc) is 0.942. The van der Waals surface area contributed by atoms with E-state index in [0.29, 0.717) is 0 Å². The minimum atomic E-state index is 0. The monoisotopic (exact) mass is 1670 g/mol. The number of hydrogen-bond acceptors (Lipinski definition) is 7. The van der Waals surface area contributed by atoms with Gasteiger partial charge in [0.1, 0.15) is 28.7 Å². The normalized spacial score (nSPS) is 7.14. The summed E-state index contributed by atoms with van der Waals surface area (Å²) in [5, 5.41) is 0. The van der Waals surface area contributed by atoms with E-state index < -0.39 is 0 Å². The van der Waals surface area contributed by atoms with Crippen molar-refractivity contribution in [3.63, 3.8) is 0 Å². The van der Waals surface area contributed by atoms with Crippen LogP contribution in [0.25, 0.3) is 0 Å². The highest BCUT2D eigenvalue weighted by Crippen LogP contribution is 2.09. The zero-order valence-corrected chi connectivity index (χ0v) is 80.7. The van der Waals surface area contributed by atoms with Gasteiger partial charge < -0.3 is 23.7 Å². The molecule has 0 unspecified atom stereocenters. The van der Waals surface area contributed by atoms with Gasteiger partial charge in [0.25, 0.3) is 0 Å². The molecule has 0 radical (unpaired) electrons. The van der Waals surface area contributed by atoms with Crippen molar-refractivity contribution in [2.24, 2.45) is 0 Å². The molecule has 121 heavy (non-hydrogen) atoms. The van der Waals surface area contributed by atoms with Crippen LogP contribution in [-0.2, 0) is 0 Å². The molecule has 0 spiro atoms. The molecule has 7 heteroatoms. The predicted octanol–water partition coefficient (Wildman–Crippen LogP) is 37.5. The van der Waals surface area contributed by atoms with E-state index in [9.17, 15) is 9.59 Å². The predicted molar refractivity (Wildman–Crippen MR) is 559 cm³/mol. The smallest absolute Gasteiger partial charge is 0.159 e. The fourth-order valence-corrected chi connectivity index (χ4v) is 6.50. The minimum absolute atomic E-state index is 0. The van der Waals surface area contributed by atoms with Gasteiger partial charge in [-0.25, -0.2) is 0 Å². The Morgan fingerprint density at radius 2 is 0.240 bits per heavy atom. The summed E-state index contributed by atoms with van der Waals surface area (Å²) in [4.78, 5) is 21.3. The van der Waals surface area contributed by atoms with Crippen molar-refractivity contribution >= 4 is 11.6 Å². The number of ether oxygens (including phenoxy) is 5. The van der Waals surface area contributed by atoms with Gasteiger partial charge in [0.05, 0.1) is 35.5 Å². The maximum absolute atomic E-state index is 10.6. The molecule has 12 aromatic rings. The topological polar surface area (TPSA) is 80.3 Å². The molecule has 0 saturated heterocycles. The first-order valence-electron chi connectivity index (χ1n) is 42.6. The zero-order valence-electron chi connectivity index (χ0n) is 80.7. The quantitative estimate of drug-likeness (QED) is 0.147. The summed E-state index contributed by atoms with van der Waals surface area (Å²) in [5.74, 6) is 4.79. The Balaban J connectivity index is -0.0000000633. The second-order valence-electron chi connectivity index (χ2n) is 18.7. The number of methoxy groups -OCH3 is 5. The summed E-state index contributed by atoms with van der Waals surface area (Å²) < 4.78 is 24.6. The van der Waals surface area contributed by atoms with E-state index in [1.165, 1.54) is 16.7 Å². The van der Waals surface area contributed by atoms with Crippen LogP contribution in [0.2, 0.25) is 0 Å². The maximum Gasteiger partial charge on any atom is 0.159 e. The standard InChI is InChI=1S/2C8H8O.5C7H8O.3C7H8.2C6H6.13C2H6.4CH4/c2*1-7(9)8-5-3-2-4-6-8;5*1-8-7-5-3-2-4-6-7;3*1-7-5-3-2-4-6-7;2*1-2-4-6-5-3-1;13*1-2;;;;/h2*2-6H,1H3;5*2-6H,1H3;3*2-6H,1H3;2*1-6H;13*1-2H3;4*1H4. The average molecular weight is 1670 g/mol. The van der Waals surface area contributed by atoms with Crippen LogP contribution in [0, 0.1) is 20.8 Å². The third-order valence-electron chi connectivity index (χ3n) is 11.4. The molecule has 0 saturated carbocycles. The van der Waals surface area contributed by atoms with Crippen molar-refractivity contribution in [2.75, 3.05) is 35.5 Å². The van der Waals surface area contributed by atoms with E-state index in [1.807, 2.05) is 520 Å². The summed E-state index contributed by atoms with van der Waals surface area (Å²) >= 11 is 0. The third kappa shape index (κ3) is 127. The van der Waals surface area contributed by atoms with Crippen LogP contribution < -0.4 is 23.7 Å². The van der Waals surface area contributed by atoms with Crippen LogP contribution in [0.5, 0.6) is 28.7 Å². The lowest BCUT2D eigenvalue weighted by atomic mass is 10.2. The van der Waals surface area contributed by atoms with Gasteiger partial charge in [-0.15, -0.1) is 0 Å². The number of para-hydroxylation sites is 5. The van der Waals surface area contributed by atoms with E-state index in [4.69, 9.17) is 23.7 Å². The van der Waals surface area contributed by atoms with Gasteiger partial charge in [-0.05, 0) is 95.3 Å². The second kappa shape index (κ2) is 150. The number of rotatable bonds is 7. The fourth-order valence-electron chi connectivity index (χ4n) is 6.50. The maximum atomic E-state index is 10.6. The molecule has 0 atom stereocenters. The van der Waals surface area contributed by atoms with Gasteiger partial charge >= 0.3 is 0 Å². The summed E-state index contributed by atoms with van der Waals surface area (Å²) in [6.45, 7) is 61.4. The fraction of sp³-hybridized carbons (Fsp3) is 0.351. The Kier molecular flexibility index (Phi) is 188. The molecular formula is C114H186O7. The lowest BCUT2D eigenvalue weighted by molar-refractivity contribution is 0.100. The van der Waals surface area contributed by atoms with Crippen molar-refractivity contribution in [3.05, 3.63) is 404 Å². The Labute approximate surface area is 752 Å². The third-order valence-corrected chi connectivity index (χ3v) is 11.4. The molecule has 0 aliphatic rings. The molecule has 0 heterocycles. The number of ketones is 2. The highest BCUT2D eigenvalue weighted by atomic mass is 16.5. The van der Waals surface area contributed by atoms with E-state index in [2.05, 4.69) is 57.2 Å². The van der Waals surface area contributed by atoms with Crippen molar-refractivity contribution in [1.82, 2.24) is 0 Å². The van der Waals surface area contributed by atoms with Gasteiger partial charge in [-0.3, -0.25) is 9.59 Å². The zero-order chi connectivity index (χ0) is 92.3. The number of Topliss-reactive ketones (excluding diaryl/α,β-unsaturated/α-hetero) is 2. The van der Waals surface area contributed by atoms with Gasteiger partial charge in [0.2, 0.25) is 0 Å². The highest BCUT2D eigenvalue weighted by Gasteiger charge is 1.94. The van der Waals surface area contributed by atoms with Crippen LogP contribution >= 0.6 is 0 Å². The van der Waals surface area contributed by atoms with Crippen LogP contribution in [0.4, 0.5) is 0 Å². The molecule has 0 aliphatic heterocycles. The van der Waals surface area contributed by atoms with E-state index in [-0.39, 0.29) is 41.3 Å². The molecule has 0 aliphatic carbocycles. The summed E-state index contributed by atoms with van der Waals surface area (Å²) in [6.07, 6.45) is 0. The molecule has 0 amide bonds. The van der Waals surface area contributed by atoms with Crippen molar-refractivity contribution in [1.29, 1.82) is 0 Å². The Hall–Kier alpha value is -11.0. The number of carbonyl (C=O) groups is 2. The van der Waals surface area contributed by atoms with E-state index in [1.54, 1.807) is 49.4 Å². The van der Waals surface area contributed by atoms with Crippen molar-refractivity contribution in [3.8, 4) is 28.7 Å². The molecule has 0 bridgehead atoms. The van der Waals surface area contributed by atoms with Crippen LogP contribution in [0.1, 0.15) is 261 Å². The Morgan fingerprint density at radius 1 is 0.157 bits per heavy atom. The molecular weight excluding hydrogens is 1480 g/mol. The number of aryl methyl sites for hydroxylation is 3. The summed E-state index contributed by atoms with van der Waals surface area (Å²) in [7, 11) is 8.31. The first-order valence-corrected chi connectivity index (χ1v) is 42.6.